The first-order valence-corrected chi connectivity index (χ1v) is 6.22. The van der Waals surface area contributed by atoms with Crippen LogP contribution in [0, 0.1) is 11.6 Å². The van der Waals surface area contributed by atoms with Gasteiger partial charge in [-0.25, -0.2) is 13.6 Å². The van der Waals surface area contributed by atoms with Crippen LogP contribution in [0.15, 0.2) is 12.1 Å². The van der Waals surface area contributed by atoms with Gasteiger partial charge in [-0.2, -0.15) is 0 Å². The number of halogens is 2. The maximum Gasteiger partial charge on any atom is 0.340 e. The van der Waals surface area contributed by atoms with Gasteiger partial charge in [-0.3, -0.25) is 4.79 Å². The van der Waals surface area contributed by atoms with Crippen LogP contribution < -0.4 is 10.6 Å². The number of nitrogens with one attached hydrogen (secondary N) is 2. The van der Waals surface area contributed by atoms with Gasteiger partial charge in [-0.1, -0.05) is 0 Å². The van der Waals surface area contributed by atoms with E-state index in [-0.39, 0.29) is 12.3 Å². The minimum atomic E-state index is -1.06. The number of methoxy groups -OCH3 is 1. The van der Waals surface area contributed by atoms with Gasteiger partial charge in [0.1, 0.15) is 17.7 Å². The first kappa shape index (κ1) is 15.3. The largest absolute Gasteiger partial charge is 0.465 e. The van der Waals surface area contributed by atoms with Crippen LogP contribution in [0.5, 0.6) is 0 Å². The molecule has 1 aromatic rings. The predicted octanol–water partition coefficient (Wildman–Crippen LogP) is 0.678. The molecular weight excluding hydrogens is 286 g/mol. The molecule has 0 saturated carbocycles. The van der Waals surface area contributed by atoms with Crippen molar-refractivity contribution in [1.29, 1.82) is 0 Å². The lowest BCUT2D eigenvalue weighted by atomic mass is 10.1. The van der Waals surface area contributed by atoms with Gasteiger partial charge in [0.25, 0.3) is 0 Å². The highest BCUT2D eigenvalue weighted by Gasteiger charge is 2.23. The zero-order valence-corrected chi connectivity index (χ0v) is 11.2. The molecule has 21 heavy (non-hydrogen) atoms. The number of hydrogen-bond donors (Lipinski definition) is 2. The molecule has 0 aliphatic carbocycles. The van der Waals surface area contributed by atoms with Crippen molar-refractivity contribution in [2.75, 3.05) is 32.2 Å². The second-order valence-corrected chi connectivity index (χ2v) is 4.37. The van der Waals surface area contributed by atoms with Crippen molar-refractivity contribution < 1.29 is 27.8 Å². The number of amides is 1. The number of anilines is 1. The second-order valence-electron chi connectivity index (χ2n) is 4.37. The molecule has 2 rings (SSSR count). The van der Waals surface area contributed by atoms with Gasteiger partial charge < -0.3 is 20.1 Å². The molecule has 0 spiro atoms. The highest BCUT2D eigenvalue weighted by atomic mass is 19.1. The zero-order valence-electron chi connectivity index (χ0n) is 11.2. The fraction of sp³-hybridized carbons (Fsp3) is 0.385. The lowest BCUT2D eigenvalue weighted by Crippen LogP contribution is -2.48. The van der Waals surface area contributed by atoms with E-state index in [4.69, 9.17) is 4.74 Å². The summed E-state index contributed by atoms with van der Waals surface area (Å²) in [5.74, 6) is -3.53. The second kappa shape index (κ2) is 6.59. The lowest BCUT2D eigenvalue weighted by molar-refractivity contribution is -0.120. The highest BCUT2D eigenvalue weighted by molar-refractivity contribution is 5.97. The Labute approximate surface area is 119 Å². The van der Waals surface area contributed by atoms with Crippen LogP contribution in [-0.2, 0) is 14.3 Å². The summed E-state index contributed by atoms with van der Waals surface area (Å²) in [6.07, 6.45) is 0. The maximum atomic E-state index is 13.7. The average molecular weight is 300 g/mol. The summed E-state index contributed by atoms with van der Waals surface area (Å²) in [4.78, 5) is 23.3. The Morgan fingerprint density at radius 1 is 1.38 bits per heavy atom. The molecule has 1 aliphatic rings. The first-order valence-electron chi connectivity index (χ1n) is 6.22. The molecule has 1 atom stereocenters. The monoisotopic (exact) mass is 300 g/mol. The van der Waals surface area contributed by atoms with Gasteiger partial charge in [0.2, 0.25) is 5.91 Å². The number of rotatable bonds is 3. The Kier molecular flexibility index (Phi) is 4.81. The Balaban J connectivity index is 2.18. The molecule has 1 heterocycles. The van der Waals surface area contributed by atoms with Crippen LogP contribution in [-0.4, -0.2) is 44.8 Å². The molecule has 0 radical (unpaired) electrons. The van der Waals surface area contributed by atoms with E-state index in [1.54, 1.807) is 0 Å². The number of carbonyl (C=O) groups excluding carboxylic acids is 2. The van der Waals surface area contributed by atoms with Gasteiger partial charge in [-0.15, -0.1) is 0 Å². The van der Waals surface area contributed by atoms with Crippen LogP contribution in [0.1, 0.15) is 10.4 Å². The van der Waals surface area contributed by atoms with Gasteiger partial charge in [-0.05, 0) is 6.07 Å². The van der Waals surface area contributed by atoms with Crippen LogP contribution in [0.2, 0.25) is 0 Å². The van der Waals surface area contributed by atoms with Crippen LogP contribution in [0.3, 0.4) is 0 Å². The van der Waals surface area contributed by atoms with Gasteiger partial charge >= 0.3 is 5.97 Å². The van der Waals surface area contributed by atoms with Crippen molar-refractivity contribution >= 4 is 17.6 Å². The van der Waals surface area contributed by atoms with E-state index in [9.17, 15) is 18.4 Å². The van der Waals surface area contributed by atoms with E-state index >= 15 is 0 Å². The van der Waals surface area contributed by atoms with E-state index < -0.39 is 35.1 Å². The highest BCUT2D eigenvalue weighted by Crippen LogP contribution is 2.20. The average Bonchev–Trinajstić information content (AvgIpc) is 2.50. The first-order chi connectivity index (χ1) is 10.0. The fourth-order valence-corrected chi connectivity index (χ4v) is 1.86. The molecule has 0 aromatic heterocycles. The predicted molar refractivity (Wildman–Crippen MR) is 68.9 cm³/mol. The van der Waals surface area contributed by atoms with Crippen molar-refractivity contribution in [1.82, 2.24) is 5.32 Å². The summed E-state index contributed by atoms with van der Waals surface area (Å²) < 4.78 is 36.6. The lowest BCUT2D eigenvalue weighted by Gasteiger charge is -2.23. The molecule has 6 nitrogen and oxygen atoms in total. The number of esters is 1. The van der Waals surface area contributed by atoms with Gasteiger partial charge in [0.15, 0.2) is 0 Å². The van der Waals surface area contributed by atoms with Gasteiger partial charge in [0, 0.05) is 12.6 Å². The maximum absolute atomic E-state index is 13.7. The van der Waals surface area contributed by atoms with Crippen molar-refractivity contribution in [3.63, 3.8) is 0 Å². The van der Waals surface area contributed by atoms with Crippen LogP contribution in [0.4, 0.5) is 14.5 Å². The van der Waals surface area contributed by atoms with E-state index in [0.717, 1.165) is 13.2 Å². The third kappa shape index (κ3) is 3.53. The number of ether oxygens (including phenoxy) is 2. The number of carbonyl (C=O) groups is 2. The normalized spacial score (nSPS) is 18.1. The molecule has 1 unspecified atom stereocenters. The molecule has 1 saturated heterocycles. The topological polar surface area (TPSA) is 76.7 Å². The summed E-state index contributed by atoms with van der Waals surface area (Å²) in [5, 5.41) is 5.19. The summed E-state index contributed by atoms with van der Waals surface area (Å²) in [5.41, 5.74) is -0.753. The van der Waals surface area contributed by atoms with E-state index in [2.05, 4.69) is 15.4 Å². The van der Waals surface area contributed by atoms with Crippen LogP contribution in [0.25, 0.3) is 0 Å². The smallest absolute Gasteiger partial charge is 0.340 e. The van der Waals surface area contributed by atoms with Crippen molar-refractivity contribution in [3.8, 4) is 0 Å². The molecule has 0 bridgehead atoms. The fourth-order valence-electron chi connectivity index (χ4n) is 1.86. The van der Waals surface area contributed by atoms with Crippen molar-refractivity contribution in [3.05, 3.63) is 29.3 Å². The molecule has 114 valence electrons. The molecule has 2 N–H and O–H groups in total. The Bertz CT molecular complexity index is 559. The molecule has 8 heteroatoms. The van der Waals surface area contributed by atoms with Gasteiger partial charge in [0.05, 0.1) is 31.6 Å². The number of morpholine rings is 1. The molecule has 1 fully saturated rings. The minimum absolute atomic E-state index is 0.151. The third-order valence-corrected chi connectivity index (χ3v) is 2.96. The standard InChI is InChI=1S/C13H14F2N2O4/c1-20-13(19)7-4-10(9(15)5-8(7)14)17-12(18)11-6-21-3-2-16-11/h4-5,11,16H,2-3,6H2,1H3,(H,17,18). The SMILES string of the molecule is COC(=O)c1cc(NC(=O)C2COCCN2)c(F)cc1F. The number of hydrogen-bond acceptors (Lipinski definition) is 5. The quantitative estimate of drug-likeness (QED) is 0.803. The summed E-state index contributed by atoms with van der Waals surface area (Å²) in [7, 11) is 1.08. The molecule has 1 aliphatic heterocycles. The number of benzene rings is 1. The summed E-state index contributed by atoms with van der Waals surface area (Å²) in [6, 6.07) is 0.787. The molecule has 1 amide bonds. The van der Waals surface area contributed by atoms with Crippen molar-refractivity contribution in [2.24, 2.45) is 0 Å². The molecule has 1 aromatic carbocycles. The van der Waals surface area contributed by atoms with Crippen LogP contribution >= 0.6 is 0 Å². The Morgan fingerprint density at radius 2 is 2.14 bits per heavy atom. The third-order valence-electron chi connectivity index (χ3n) is 2.96. The molecular formula is C13H14F2N2O4. The van der Waals surface area contributed by atoms with E-state index in [0.29, 0.717) is 19.2 Å². The Morgan fingerprint density at radius 3 is 2.76 bits per heavy atom. The van der Waals surface area contributed by atoms with Crippen molar-refractivity contribution in [2.45, 2.75) is 6.04 Å². The summed E-state index contributed by atoms with van der Waals surface area (Å²) >= 11 is 0. The Hall–Kier alpha value is -2.06. The summed E-state index contributed by atoms with van der Waals surface area (Å²) in [6.45, 7) is 1.14. The minimum Gasteiger partial charge on any atom is -0.465 e. The van der Waals surface area contributed by atoms with E-state index in [1.165, 1.54) is 0 Å². The zero-order chi connectivity index (χ0) is 15.4. The van der Waals surface area contributed by atoms with E-state index in [1.807, 2.05) is 0 Å².